The number of hydrogen-bond donors (Lipinski definition) is 1. The first kappa shape index (κ1) is 18.3. The molecular weight excluding hydrogens is 401 g/mol. The number of halogens is 3. The molecule has 0 aromatic heterocycles. The monoisotopic (exact) mass is 411 g/mol. The van der Waals surface area contributed by atoms with Crippen LogP contribution in [-0.2, 0) is 11.2 Å². The van der Waals surface area contributed by atoms with Gasteiger partial charge in [0.2, 0.25) is 5.91 Å². The number of nitrogens with one attached hydrogen (secondary N) is 1. The Hall–Kier alpha value is -1.53. The molecule has 1 N–H and O–H groups in total. The van der Waals surface area contributed by atoms with E-state index in [1.165, 1.54) is 11.8 Å². The third kappa shape index (κ3) is 4.76. The summed E-state index contributed by atoms with van der Waals surface area (Å²) in [7, 11) is 0. The minimum absolute atomic E-state index is 0.132. The molecule has 8 heteroatoms. The van der Waals surface area contributed by atoms with Crippen LogP contribution in [0.1, 0.15) is 11.1 Å². The zero-order valence-electron chi connectivity index (χ0n) is 12.7. The molecular formula is C17H12Cl3N3OS. The summed E-state index contributed by atoms with van der Waals surface area (Å²) in [6, 6.07) is 12.5. The molecule has 2 aromatic carbocycles. The smallest absolute Gasteiger partial charge is 0.239 e. The summed E-state index contributed by atoms with van der Waals surface area (Å²) in [4.78, 5) is 12.1. The SMILES string of the molecule is O=C1N/C(=N\N=C/c2ccccc2Cl)S[C@@H]1Cc1cc(Cl)ccc1Cl. The van der Waals surface area contributed by atoms with E-state index in [1.54, 1.807) is 30.5 Å². The Balaban J connectivity index is 1.68. The van der Waals surface area contributed by atoms with E-state index in [2.05, 4.69) is 15.5 Å². The van der Waals surface area contributed by atoms with Crippen LogP contribution in [0.2, 0.25) is 15.1 Å². The number of hydrogen-bond acceptors (Lipinski definition) is 4. The standard InChI is InChI=1S/C17H12Cl3N3OS/c18-12-5-6-14(20)11(7-12)8-15-16(24)22-17(25-15)23-21-9-10-3-1-2-4-13(10)19/h1-7,9,15H,8H2,(H,22,23,24)/b21-9-/t15-/m1/s1. The number of thioether (sulfide) groups is 1. The first-order valence-electron chi connectivity index (χ1n) is 7.30. The molecule has 128 valence electrons. The molecule has 25 heavy (non-hydrogen) atoms. The fraction of sp³-hybridized carbons (Fsp3) is 0.118. The van der Waals surface area contributed by atoms with E-state index in [4.69, 9.17) is 34.8 Å². The Morgan fingerprint density at radius 2 is 1.92 bits per heavy atom. The third-order valence-corrected chi connectivity index (χ3v) is 5.46. The lowest BCUT2D eigenvalue weighted by Gasteiger charge is -2.07. The number of carbonyl (C=O) groups excluding carboxylic acids is 1. The molecule has 0 bridgehead atoms. The predicted octanol–water partition coefficient (Wildman–Crippen LogP) is 4.81. The molecule has 0 spiro atoms. The van der Waals surface area contributed by atoms with Crippen molar-refractivity contribution in [1.29, 1.82) is 0 Å². The average Bonchev–Trinajstić information content (AvgIpc) is 2.92. The van der Waals surface area contributed by atoms with Gasteiger partial charge in [-0.15, -0.1) is 5.10 Å². The van der Waals surface area contributed by atoms with E-state index in [9.17, 15) is 4.79 Å². The highest BCUT2D eigenvalue weighted by atomic mass is 35.5. The molecule has 4 nitrogen and oxygen atoms in total. The van der Waals surface area contributed by atoms with Crippen LogP contribution in [0.4, 0.5) is 0 Å². The average molecular weight is 413 g/mol. The minimum Gasteiger partial charge on any atom is -0.303 e. The van der Waals surface area contributed by atoms with Gasteiger partial charge in [-0.2, -0.15) is 5.10 Å². The summed E-state index contributed by atoms with van der Waals surface area (Å²) in [5, 5.41) is 12.6. The number of benzene rings is 2. The Morgan fingerprint density at radius 1 is 1.12 bits per heavy atom. The molecule has 0 unspecified atom stereocenters. The Bertz CT molecular complexity index is 870. The largest absolute Gasteiger partial charge is 0.303 e. The molecule has 0 aliphatic carbocycles. The minimum atomic E-state index is -0.328. The van der Waals surface area contributed by atoms with Crippen LogP contribution in [0.3, 0.4) is 0 Å². The lowest BCUT2D eigenvalue weighted by molar-refractivity contribution is -0.118. The van der Waals surface area contributed by atoms with E-state index in [0.29, 0.717) is 26.7 Å². The van der Waals surface area contributed by atoms with Crippen LogP contribution in [0, 0.1) is 0 Å². The van der Waals surface area contributed by atoms with Gasteiger partial charge < -0.3 is 5.32 Å². The Labute approximate surface area is 164 Å². The second-order valence-electron chi connectivity index (χ2n) is 5.21. The molecule has 1 amide bonds. The van der Waals surface area contributed by atoms with Crippen molar-refractivity contribution in [1.82, 2.24) is 5.32 Å². The molecule has 1 saturated heterocycles. The normalized spacial score (nSPS) is 18.9. The summed E-state index contributed by atoms with van der Waals surface area (Å²) in [6.07, 6.45) is 2.01. The lowest BCUT2D eigenvalue weighted by Crippen LogP contribution is -2.26. The molecule has 1 heterocycles. The van der Waals surface area contributed by atoms with Gasteiger partial charge in [-0.25, -0.2) is 0 Å². The van der Waals surface area contributed by atoms with Crippen molar-refractivity contribution in [2.24, 2.45) is 10.2 Å². The van der Waals surface area contributed by atoms with Crippen molar-refractivity contribution in [3.05, 3.63) is 68.7 Å². The van der Waals surface area contributed by atoms with Gasteiger partial charge >= 0.3 is 0 Å². The molecule has 1 aliphatic rings. The zero-order valence-corrected chi connectivity index (χ0v) is 15.8. The summed E-state index contributed by atoms with van der Waals surface area (Å²) >= 11 is 19.5. The van der Waals surface area contributed by atoms with Gasteiger partial charge in [0.15, 0.2) is 5.17 Å². The molecule has 1 fully saturated rings. The second kappa shape index (κ2) is 8.23. The molecule has 1 atom stereocenters. The maximum absolute atomic E-state index is 12.1. The van der Waals surface area contributed by atoms with Crippen molar-refractivity contribution in [2.75, 3.05) is 0 Å². The maximum atomic E-state index is 12.1. The van der Waals surface area contributed by atoms with Crippen molar-refractivity contribution in [3.8, 4) is 0 Å². The number of nitrogens with zero attached hydrogens (tertiary/aromatic N) is 2. The highest BCUT2D eigenvalue weighted by Gasteiger charge is 2.31. The second-order valence-corrected chi connectivity index (χ2v) is 7.65. The highest BCUT2D eigenvalue weighted by Crippen LogP contribution is 2.28. The van der Waals surface area contributed by atoms with Crippen LogP contribution in [0.5, 0.6) is 0 Å². The van der Waals surface area contributed by atoms with Gasteiger partial charge in [0, 0.05) is 20.6 Å². The van der Waals surface area contributed by atoms with Gasteiger partial charge in [-0.1, -0.05) is 64.8 Å². The summed E-state index contributed by atoms with van der Waals surface area (Å²) in [5.41, 5.74) is 1.58. The van der Waals surface area contributed by atoms with Gasteiger partial charge in [0.1, 0.15) is 0 Å². The first-order valence-corrected chi connectivity index (χ1v) is 9.31. The molecule has 1 aliphatic heterocycles. The van der Waals surface area contributed by atoms with E-state index >= 15 is 0 Å². The van der Waals surface area contributed by atoms with Crippen molar-refractivity contribution in [3.63, 3.8) is 0 Å². The number of amides is 1. The summed E-state index contributed by atoms with van der Waals surface area (Å²) in [6.45, 7) is 0. The highest BCUT2D eigenvalue weighted by molar-refractivity contribution is 8.15. The third-order valence-electron chi connectivity index (χ3n) is 3.44. The van der Waals surface area contributed by atoms with Crippen LogP contribution >= 0.6 is 46.6 Å². The topological polar surface area (TPSA) is 53.8 Å². The number of rotatable bonds is 4. The first-order chi connectivity index (χ1) is 12.0. The molecule has 0 radical (unpaired) electrons. The lowest BCUT2D eigenvalue weighted by atomic mass is 10.1. The Kier molecular flexibility index (Phi) is 6.02. The van der Waals surface area contributed by atoms with Crippen LogP contribution < -0.4 is 5.32 Å². The van der Waals surface area contributed by atoms with Crippen molar-refractivity contribution >= 4 is 63.9 Å². The Morgan fingerprint density at radius 3 is 2.72 bits per heavy atom. The number of carbonyl (C=O) groups is 1. The molecule has 2 aromatic rings. The quantitative estimate of drug-likeness (QED) is 0.578. The van der Waals surface area contributed by atoms with Gasteiger partial charge in [-0.3, -0.25) is 4.79 Å². The van der Waals surface area contributed by atoms with Gasteiger partial charge in [-0.05, 0) is 36.2 Å². The van der Waals surface area contributed by atoms with Crippen molar-refractivity contribution < 1.29 is 4.79 Å². The van der Waals surface area contributed by atoms with Crippen molar-refractivity contribution in [2.45, 2.75) is 11.7 Å². The van der Waals surface area contributed by atoms with E-state index in [0.717, 1.165) is 11.1 Å². The zero-order chi connectivity index (χ0) is 17.8. The predicted molar refractivity (Wildman–Crippen MR) is 106 cm³/mol. The van der Waals surface area contributed by atoms with Gasteiger partial charge in [0.25, 0.3) is 0 Å². The summed E-state index contributed by atoms with van der Waals surface area (Å²) in [5.74, 6) is -0.132. The maximum Gasteiger partial charge on any atom is 0.239 e. The molecule has 3 rings (SSSR count). The van der Waals surface area contributed by atoms with E-state index in [-0.39, 0.29) is 11.2 Å². The molecule has 0 saturated carbocycles. The van der Waals surface area contributed by atoms with Crippen LogP contribution in [-0.4, -0.2) is 22.5 Å². The van der Waals surface area contributed by atoms with E-state index < -0.39 is 0 Å². The van der Waals surface area contributed by atoms with Crippen LogP contribution in [0.15, 0.2) is 52.7 Å². The summed E-state index contributed by atoms with van der Waals surface area (Å²) < 4.78 is 0. The fourth-order valence-electron chi connectivity index (χ4n) is 2.21. The van der Waals surface area contributed by atoms with Crippen LogP contribution in [0.25, 0.3) is 0 Å². The van der Waals surface area contributed by atoms with Gasteiger partial charge in [0.05, 0.1) is 11.5 Å². The van der Waals surface area contributed by atoms with E-state index in [1.807, 2.05) is 18.2 Å². The fourth-order valence-corrected chi connectivity index (χ4v) is 3.74. The number of amidine groups is 1.